The number of nitrogens with one attached hydrogen (secondary N) is 1. The average molecular weight is 507 g/mol. The third-order valence-corrected chi connectivity index (χ3v) is 6.79. The van der Waals surface area contributed by atoms with Gasteiger partial charge in [-0.05, 0) is 49.9 Å². The summed E-state index contributed by atoms with van der Waals surface area (Å²) in [5.41, 5.74) is 0.897. The van der Waals surface area contributed by atoms with Crippen LogP contribution in [0.2, 0.25) is 0 Å². The van der Waals surface area contributed by atoms with Gasteiger partial charge in [0, 0.05) is 45.5 Å². The Balaban J connectivity index is 1.16. The Bertz CT molecular complexity index is 1190. The van der Waals surface area contributed by atoms with Crippen LogP contribution >= 0.6 is 0 Å². The van der Waals surface area contributed by atoms with Crippen LogP contribution < -0.4 is 19.7 Å². The molecule has 3 aromatic rings. The van der Waals surface area contributed by atoms with E-state index in [2.05, 4.69) is 20.2 Å². The van der Waals surface area contributed by atoms with Crippen molar-refractivity contribution in [3.63, 3.8) is 0 Å². The van der Waals surface area contributed by atoms with Crippen LogP contribution in [0.3, 0.4) is 0 Å². The predicted octanol–water partition coefficient (Wildman–Crippen LogP) is 3.13. The molecular formula is C27H34N6O4. The zero-order chi connectivity index (χ0) is 25.6. The minimum Gasteiger partial charge on any atom is -0.482 e. The first kappa shape index (κ1) is 25.0. The van der Waals surface area contributed by atoms with Crippen molar-refractivity contribution in [2.45, 2.75) is 37.8 Å². The van der Waals surface area contributed by atoms with Crippen molar-refractivity contribution in [3.05, 3.63) is 42.7 Å². The van der Waals surface area contributed by atoms with Crippen LogP contribution in [-0.2, 0) is 9.53 Å². The molecule has 1 aliphatic carbocycles. The van der Waals surface area contributed by atoms with Gasteiger partial charge in [-0.15, -0.1) is 0 Å². The highest BCUT2D eigenvalue weighted by atomic mass is 16.5. The van der Waals surface area contributed by atoms with E-state index in [0.717, 1.165) is 61.3 Å². The molecule has 3 aromatic heterocycles. The Morgan fingerprint density at radius 2 is 1.95 bits per heavy atom. The number of hydrogen-bond donors (Lipinski definition) is 1. The van der Waals surface area contributed by atoms with Gasteiger partial charge in [0.15, 0.2) is 6.61 Å². The number of anilines is 2. The fourth-order valence-electron chi connectivity index (χ4n) is 4.59. The number of rotatable bonds is 8. The quantitative estimate of drug-likeness (QED) is 0.494. The first-order valence-electron chi connectivity index (χ1n) is 12.9. The number of fused-ring (bicyclic) bond motifs is 1. The van der Waals surface area contributed by atoms with Gasteiger partial charge in [0.2, 0.25) is 5.88 Å². The number of pyridine rings is 3. The molecule has 5 rings (SSSR count). The molecule has 1 saturated heterocycles. The molecule has 0 aromatic carbocycles. The van der Waals surface area contributed by atoms with Crippen LogP contribution in [0.1, 0.15) is 25.7 Å². The number of carbonyl (C=O) groups is 1. The minimum absolute atomic E-state index is 0.00102. The van der Waals surface area contributed by atoms with Crippen LogP contribution in [0.4, 0.5) is 11.6 Å². The van der Waals surface area contributed by atoms with Gasteiger partial charge in [-0.1, -0.05) is 0 Å². The molecular weight excluding hydrogens is 472 g/mol. The summed E-state index contributed by atoms with van der Waals surface area (Å²) in [7, 11) is 3.41. The van der Waals surface area contributed by atoms with Crippen LogP contribution in [0.15, 0.2) is 42.7 Å². The highest BCUT2D eigenvalue weighted by Crippen LogP contribution is 2.31. The maximum absolute atomic E-state index is 11.7. The van der Waals surface area contributed by atoms with Gasteiger partial charge in [0.05, 0.1) is 30.3 Å². The molecule has 4 heterocycles. The van der Waals surface area contributed by atoms with Crippen molar-refractivity contribution < 1.29 is 19.0 Å². The van der Waals surface area contributed by atoms with Gasteiger partial charge in [0.25, 0.3) is 5.91 Å². The Labute approximate surface area is 216 Å². The van der Waals surface area contributed by atoms with Gasteiger partial charge in [-0.25, -0.2) is 4.98 Å². The second-order valence-corrected chi connectivity index (χ2v) is 9.65. The lowest BCUT2D eigenvalue weighted by Gasteiger charge is -2.31. The van der Waals surface area contributed by atoms with E-state index in [0.29, 0.717) is 30.9 Å². The molecule has 0 spiro atoms. The molecule has 0 radical (unpaired) electrons. The lowest BCUT2D eigenvalue weighted by atomic mass is 9.93. The normalized spacial score (nSPS) is 19.9. The summed E-state index contributed by atoms with van der Waals surface area (Å²) in [6.07, 6.45) is 7.36. The Morgan fingerprint density at radius 3 is 2.68 bits per heavy atom. The van der Waals surface area contributed by atoms with Gasteiger partial charge in [-0.2, -0.15) is 4.98 Å². The summed E-state index contributed by atoms with van der Waals surface area (Å²) in [5, 5.41) is 4.46. The molecule has 1 saturated carbocycles. The van der Waals surface area contributed by atoms with E-state index in [1.54, 1.807) is 20.3 Å². The average Bonchev–Trinajstić information content (AvgIpc) is 2.94. The zero-order valence-corrected chi connectivity index (χ0v) is 21.4. The maximum atomic E-state index is 11.7. The summed E-state index contributed by atoms with van der Waals surface area (Å²) in [6.45, 7) is 3.04. The SMILES string of the molecule is CN(C)C(=O)COc1ccc(N[C@H]2CC[C@@H](Oc3nc(N4CCOCC4)cc4ncccc34)CC2)nc1. The summed E-state index contributed by atoms with van der Waals surface area (Å²) >= 11 is 0. The van der Waals surface area contributed by atoms with E-state index in [1.165, 1.54) is 4.90 Å². The van der Waals surface area contributed by atoms with E-state index in [-0.39, 0.29) is 18.6 Å². The Hall–Kier alpha value is -3.66. The van der Waals surface area contributed by atoms with E-state index < -0.39 is 0 Å². The van der Waals surface area contributed by atoms with Gasteiger partial charge in [-0.3, -0.25) is 9.78 Å². The monoisotopic (exact) mass is 506 g/mol. The molecule has 10 heteroatoms. The second kappa shape index (κ2) is 11.6. The van der Waals surface area contributed by atoms with E-state index in [9.17, 15) is 4.79 Å². The number of nitrogens with zero attached hydrogens (tertiary/aromatic N) is 5. The molecule has 10 nitrogen and oxygen atoms in total. The number of carbonyl (C=O) groups excluding carboxylic acids is 1. The zero-order valence-electron chi connectivity index (χ0n) is 21.4. The summed E-state index contributed by atoms with van der Waals surface area (Å²) in [4.78, 5) is 29.3. The standard InChI is InChI=1S/C27H34N6O4/c1-32(2)26(34)18-36-21-9-10-24(29-17-21)30-19-5-7-20(8-6-19)37-27-22-4-3-11-28-23(22)16-25(31-27)33-12-14-35-15-13-33/h3-4,9-11,16-17,19-20H,5-8,12-15,18H2,1-2H3,(H,29,30)/t19-,20+. The van der Waals surface area contributed by atoms with Crippen LogP contribution in [0.25, 0.3) is 10.9 Å². The maximum Gasteiger partial charge on any atom is 0.259 e. The number of hydrogen-bond acceptors (Lipinski definition) is 9. The first-order chi connectivity index (χ1) is 18.0. The van der Waals surface area contributed by atoms with Crippen molar-refractivity contribution in [1.82, 2.24) is 19.9 Å². The summed E-state index contributed by atoms with van der Waals surface area (Å²) in [5.74, 6) is 2.84. The Kier molecular flexibility index (Phi) is 7.84. The van der Waals surface area contributed by atoms with Crippen LogP contribution in [-0.4, -0.2) is 84.9 Å². The molecule has 37 heavy (non-hydrogen) atoms. The van der Waals surface area contributed by atoms with E-state index >= 15 is 0 Å². The van der Waals surface area contributed by atoms with Crippen molar-refractivity contribution in [1.29, 1.82) is 0 Å². The lowest BCUT2D eigenvalue weighted by Crippen LogP contribution is -2.37. The fourth-order valence-corrected chi connectivity index (χ4v) is 4.59. The third kappa shape index (κ3) is 6.37. The molecule has 0 bridgehead atoms. The molecule has 1 amide bonds. The number of likely N-dealkylation sites (N-methyl/N-ethyl adjacent to an activating group) is 1. The largest absolute Gasteiger partial charge is 0.482 e. The molecule has 1 aliphatic heterocycles. The highest BCUT2D eigenvalue weighted by Gasteiger charge is 2.25. The lowest BCUT2D eigenvalue weighted by molar-refractivity contribution is -0.130. The molecule has 196 valence electrons. The minimum atomic E-state index is -0.0894. The smallest absolute Gasteiger partial charge is 0.259 e. The van der Waals surface area contributed by atoms with Crippen molar-refractivity contribution in [2.24, 2.45) is 0 Å². The number of amides is 1. The van der Waals surface area contributed by atoms with Crippen LogP contribution in [0.5, 0.6) is 11.6 Å². The molecule has 0 atom stereocenters. The molecule has 2 aliphatic rings. The Morgan fingerprint density at radius 1 is 1.14 bits per heavy atom. The van der Waals surface area contributed by atoms with Crippen molar-refractivity contribution in [2.75, 3.05) is 57.2 Å². The number of morpholine rings is 1. The van der Waals surface area contributed by atoms with Crippen molar-refractivity contribution in [3.8, 4) is 11.6 Å². The van der Waals surface area contributed by atoms with Crippen LogP contribution in [0, 0.1) is 0 Å². The summed E-state index contributed by atoms with van der Waals surface area (Å²) in [6, 6.07) is 10.0. The van der Waals surface area contributed by atoms with E-state index in [1.807, 2.05) is 36.5 Å². The van der Waals surface area contributed by atoms with Gasteiger partial charge in [0.1, 0.15) is 23.5 Å². The molecule has 1 N–H and O–H groups in total. The van der Waals surface area contributed by atoms with Gasteiger partial charge >= 0.3 is 0 Å². The first-order valence-corrected chi connectivity index (χ1v) is 12.9. The van der Waals surface area contributed by atoms with Gasteiger partial charge < -0.3 is 29.3 Å². The number of aromatic nitrogens is 3. The topological polar surface area (TPSA) is 102 Å². The van der Waals surface area contributed by atoms with E-state index in [4.69, 9.17) is 19.2 Å². The summed E-state index contributed by atoms with van der Waals surface area (Å²) < 4.78 is 17.5. The fraction of sp³-hybridized carbons (Fsp3) is 0.481. The molecule has 2 fully saturated rings. The third-order valence-electron chi connectivity index (χ3n) is 6.79. The number of ether oxygens (including phenoxy) is 3. The predicted molar refractivity (Wildman–Crippen MR) is 141 cm³/mol. The van der Waals surface area contributed by atoms with Crippen molar-refractivity contribution >= 4 is 28.4 Å². The second-order valence-electron chi connectivity index (χ2n) is 9.65. The molecule has 0 unspecified atom stereocenters. The highest BCUT2D eigenvalue weighted by molar-refractivity contribution is 5.85.